The zero-order chi connectivity index (χ0) is 14.3. The molecule has 0 unspecified atom stereocenters. The number of likely N-dealkylation sites (N-methyl/N-ethyl adjacent to an activating group) is 1. The molecule has 0 aromatic heterocycles. The lowest BCUT2D eigenvalue weighted by Crippen LogP contribution is -2.33. The number of ether oxygens (including phenoxy) is 2. The number of benzene rings is 1. The van der Waals surface area contributed by atoms with Crippen molar-refractivity contribution in [3.63, 3.8) is 0 Å². The Kier molecular flexibility index (Phi) is 5.78. The predicted molar refractivity (Wildman–Crippen MR) is 66.2 cm³/mol. The molecule has 0 aliphatic rings. The summed E-state index contributed by atoms with van der Waals surface area (Å²) in [5.74, 6) is -0.600. The Morgan fingerprint density at radius 3 is 2.47 bits per heavy atom. The highest BCUT2D eigenvalue weighted by molar-refractivity contribution is 5.78. The van der Waals surface area contributed by atoms with E-state index >= 15 is 0 Å². The van der Waals surface area contributed by atoms with Gasteiger partial charge in [-0.1, -0.05) is 0 Å². The fourth-order valence-corrected chi connectivity index (χ4v) is 1.27. The van der Waals surface area contributed by atoms with Crippen LogP contribution in [0.4, 0.5) is 4.39 Å². The molecule has 0 heterocycles. The first-order valence-corrected chi connectivity index (χ1v) is 5.72. The van der Waals surface area contributed by atoms with Gasteiger partial charge in [-0.2, -0.15) is 0 Å². The molecule has 5 nitrogen and oxygen atoms in total. The minimum atomic E-state index is -0.376. The number of hydrogen-bond donors (Lipinski definition) is 0. The van der Waals surface area contributed by atoms with Crippen LogP contribution in [0.15, 0.2) is 24.3 Å². The number of carbonyl (C=O) groups is 2. The lowest BCUT2D eigenvalue weighted by molar-refractivity contribution is -0.141. The Morgan fingerprint density at radius 2 is 1.89 bits per heavy atom. The molecule has 104 valence electrons. The summed E-state index contributed by atoms with van der Waals surface area (Å²) in [5.41, 5.74) is 0. The van der Waals surface area contributed by atoms with Gasteiger partial charge in [0.1, 0.15) is 11.6 Å². The number of nitrogens with zero attached hydrogens (tertiary/aromatic N) is 1. The molecule has 6 heteroatoms. The zero-order valence-electron chi connectivity index (χ0n) is 10.9. The third kappa shape index (κ3) is 5.37. The molecule has 0 spiro atoms. The summed E-state index contributed by atoms with van der Waals surface area (Å²) in [6.45, 7) is 0.0988. The van der Waals surface area contributed by atoms with E-state index in [0.29, 0.717) is 5.75 Å². The lowest BCUT2D eigenvalue weighted by Gasteiger charge is -2.16. The summed E-state index contributed by atoms with van der Waals surface area (Å²) in [6, 6.07) is 5.38. The molecule has 19 heavy (non-hydrogen) atoms. The Balaban J connectivity index is 2.34. The Labute approximate surface area is 110 Å². The van der Waals surface area contributed by atoms with E-state index in [-0.39, 0.29) is 37.3 Å². The van der Waals surface area contributed by atoms with Crippen LogP contribution in [0.25, 0.3) is 0 Å². The van der Waals surface area contributed by atoms with Crippen molar-refractivity contribution >= 4 is 11.9 Å². The van der Waals surface area contributed by atoms with Crippen molar-refractivity contribution < 1.29 is 23.5 Å². The highest BCUT2D eigenvalue weighted by Gasteiger charge is 2.11. The van der Waals surface area contributed by atoms with Crippen LogP contribution in [-0.2, 0) is 14.3 Å². The van der Waals surface area contributed by atoms with Gasteiger partial charge in [-0.05, 0) is 24.3 Å². The third-order valence-electron chi connectivity index (χ3n) is 2.48. The number of halogens is 1. The van der Waals surface area contributed by atoms with Crippen LogP contribution < -0.4 is 4.74 Å². The smallest absolute Gasteiger partial charge is 0.307 e. The van der Waals surface area contributed by atoms with Crippen molar-refractivity contribution in [2.24, 2.45) is 0 Å². The monoisotopic (exact) mass is 269 g/mol. The minimum absolute atomic E-state index is 0.134. The van der Waals surface area contributed by atoms with E-state index in [2.05, 4.69) is 4.74 Å². The van der Waals surface area contributed by atoms with Crippen LogP contribution in [0.2, 0.25) is 0 Å². The molecular formula is C13H16FNO4. The first-order chi connectivity index (χ1) is 9.02. The number of rotatable bonds is 6. The molecule has 1 aromatic rings. The van der Waals surface area contributed by atoms with Gasteiger partial charge in [-0.25, -0.2) is 4.39 Å². The van der Waals surface area contributed by atoms with Crippen molar-refractivity contribution in [3.8, 4) is 5.75 Å². The molecule has 0 saturated heterocycles. The molecular weight excluding hydrogens is 253 g/mol. The minimum Gasteiger partial charge on any atom is -0.484 e. The number of carbonyl (C=O) groups excluding carboxylic acids is 2. The highest BCUT2D eigenvalue weighted by atomic mass is 19.1. The van der Waals surface area contributed by atoms with Gasteiger partial charge in [0.15, 0.2) is 6.61 Å². The fourth-order valence-electron chi connectivity index (χ4n) is 1.27. The summed E-state index contributed by atoms with van der Waals surface area (Å²) >= 11 is 0. The molecule has 0 aliphatic carbocycles. The van der Waals surface area contributed by atoms with Crippen LogP contribution in [0.3, 0.4) is 0 Å². The molecule has 0 radical (unpaired) electrons. The number of methoxy groups -OCH3 is 1. The van der Waals surface area contributed by atoms with Crippen molar-refractivity contribution in [3.05, 3.63) is 30.1 Å². The van der Waals surface area contributed by atoms with Crippen LogP contribution in [-0.4, -0.2) is 44.1 Å². The molecule has 0 aliphatic heterocycles. The van der Waals surface area contributed by atoms with Gasteiger partial charge in [0.25, 0.3) is 5.91 Å². The number of esters is 1. The van der Waals surface area contributed by atoms with E-state index in [1.165, 1.54) is 36.3 Å². The summed E-state index contributed by atoms with van der Waals surface area (Å²) in [7, 11) is 2.86. The first-order valence-electron chi connectivity index (χ1n) is 5.72. The second kappa shape index (κ2) is 7.35. The lowest BCUT2D eigenvalue weighted by atomic mass is 10.3. The second-order valence-electron chi connectivity index (χ2n) is 3.88. The Morgan fingerprint density at radius 1 is 1.26 bits per heavy atom. The number of amides is 1. The largest absolute Gasteiger partial charge is 0.484 e. The van der Waals surface area contributed by atoms with Crippen molar-refractivity contribution in [1.82, 2.24) is 4.90 Å². The number of hydrogen-bond acceptors (Lipinski definition) is 4. The predicted octanol–water partition coefficient (Wildman–Crippen LogP) is 1.23. The standard InChI is InChI=1S/C13H16FNO4/c1-15(8-7-13(17)18-2)12(16)9-19-11-5-3-10(14)4-6-11/h3-6H,7-9H2,1-2H3. The maximum atomic E-state index is 12.6. The van der Waals surface area contributed by atoms with E-state index in [0.717, 1.165) is 0 Å². The van der Waals surface area contributed by atoms with E-state index < -0.39 is 0 Å². The maximum Gasteiger partial charge on any atom is 0.307 e. The van der Waals surface area contributed by atoms with Crippen molar-refractivity contribution in [2.75, 3.05) is 27.3 Å². The van der Waals surface area contributed by atoms with E-state index in [9.17, 15) is 14.0 Å². The van der Waals surface area contributed by atoms with E-state index in [1.54, 1.807) is 7.05 Å². The van der Waals surface area contributed by atoms with Crippen molar-refractivity contribution in [1.29, 1.82) is 0 Å². The average Bonchev–Trinajstić information content (AvgIpc) is 2.43. The highest BCUT2D eigenvalue weighted by Crippen LogP contribution is 2.10. The normalized spacial score (nSPS) is 9.84. The molecule has 0 saturated carbocycles. The molecule has 1 rings (SSSR count). The van der Waals surface area contributed by atoms with Crippen LogP contribution in [0, 0.1) is 5.82 Å². The molecule has 1 aromatic carbocycles. The Bertz CT molecular complexity index is 433. The Hall–Kier alpha value is -2.11. The first kappa shape index (κ1) is 14.9. The van der Waals surface area contributed by atoms with E-state index in [4.69, 9.17) is 4.74 Å². The molecule has 1 amide bonds. The van der Waals surface area contributed by atoms with Gasteiger partial charge < -0.3 is 14.4 Å². The molecule has 0 atom stereocenters. The topological polar surface area (TPSA) is 55.8 Å². The van der Waals surface area contributed by atoms with Crippen LogP contribution >= 0.6 is 0 Å². The van der Waals surface area contributed by atoms with Gasteiger partial charge in [-0.15, -0.1) is 0 Å². The van der Waals surface area contributed by atoms with Gasteiger partial charge in [0, 0.05) is 13.6 Å². The third-order valence-corrected chi connectivity index (χ3v) is 2.48. The average molecular weight is 269 g/mol. The van der Waals surface area contributed by atoms with Crippen LogP contribution in [0.5, 0.6) is 5.75 Å². The van der Waals surface area contributed by atoms with Gasteiger partial charge in [0.05, 0.1) is 13.5 Å². The van der Waals surface area contributed by atoms with E-state index in [1.807, 2.05) is 0 Å². The SMILES string of the molecule is COC(=O)CCN(C)C(=O)COc1ccc(F)cc1. The maximum absolute atomic E-state index is 12.6. The zero-order valence-corrected chi connectivity index (χ0v) is 10.9. The fraction of sp³-hybridized carbons (Fsp3) is 0.385. The van der Waals surface area contributed by atoms with Crippen LogP contribution in [0.1, 0.15) is 6.42 Å². The molecule has 0 N–H and O–H groups in total. The van der Waals surface area contributed by atoms with Gasteiger partial charge in [0.2, 0.25) is 0 Å². The second-order valence-corrected chi connectivity index (χ2v) is 3.88. The molecule has 0 bridgehead atoms. The van der Waals surface area contributed by atoms with Crippen molar-refractivity contribution in [2.45, 2.75) is 6.42 Å². The van der Waals surface area contributed by atoms with Gasteiger partial charge >= 0.3 is 5.97 Å². The summed E-state index contributed by atoms with van der Waals surface area (Å²) in [5, 5.41) is 0. The quantitative estimate of drug-likeness (QED) is 0.729. The van der Waals surface area contributed by atoms with Gasteiger partial charge in [-0.3, -0.25) is 9.59 Å². The molecule has 0 fully saturated rings. The summed E-state index contributed by atoms with van der Waals surface area (Å²) in [6.07, 6.45) is 0.134. The summed E-state index contributed by atoms with van der Waals surface area (Å²) in [4.78, 5) is 24.0. The summed E-state index contributed by atoms with van der Waals surface area (Å²) < 4.78 is 22.3.